The zero-order valence-electron chi connectivity index (χ0n) is 10.8. The van der Waals surface area contributed by atoms with E-state index in [1.165, 1.54) is 0 Å². The minimum absolute atomic E-state index is 0.0185. The van der Waals surface area contributed by atoms with E-state index in [0.29, 0.717) is 17.0 Å². The fourth-order valence-corrected chi connectivity index (χ4v) is 3.99. The maximum atomic E-state index is 11.9. The molecule has 1 aliphatic heterocycles. The Balaban J connectivity index is 2.15. The summed E-state index contributed by atoms with van der Waals surface area (Å²) < 4.78 is 30.1. The average molecular weight is 330 g/mol. The molecular weight excluding hydrogens is 318 g/mol. The van der Waals surface area contributed by atoms with Crippen molar-refractivity contribution < 1.29 is 23.0 Å². The van der Waals surface area contributed by atoms with Gasteiger partial charge in [0.05, 0.1) is 10.8 Å². The monoisotopic (exact) mass is 329 g/mol. The predicted octanol–water partition coefficient (Wildman–Crippen LogP) is 2.55. The number of benzene rings is 1. The number of anilines is 1. The summed E-state index contributed by atoms with van der Waals surface area (Å²) in [6.45, 7) is 0.199. The van der Waals surface area contributed by atoms with Crippen LogP contribution in [0.3, 0.4) is 0 Å². The summed E-state index contributed by atoms with van der Waals surface area (Å²) in [6, 6.07) is 6.59. The fourth-order valence-electron chi connectivity index (χ4n) is 2.27. The Morgan fingerprint density at radius 2 is 1.90 bits per heavy atom. The molecule has 1 saturated heterocycles. The van der Waals surface area contributed by atoms with Gasteiger partial charge in [0, 0.05) is 12.1 Å². The van der Waals surface area contributed by atoms with Crippen LogP contribution >= 0.6 is 11.6 Å². The first-order valence-corrected chi connectivity index (χ1v) is 8.20. The van der Waals surface area contributed by atoms with Gasteiger partial charge in [-0.1, -0.05) is 23.7 Å². The van der Waals surface area contributed by atoms with Crippen LogP contribution in [-0.2, 0) is 10.0 Å². The molecule has 0 radical (unpaired) electrons. The number of nitrogens with zero attached hydrogens (tertiary/aromatic N) is 1. The Kier molecular flexibility index (Phi) is 3.26. The summed E-state index contributed by atoms with van der Waals surface area (Å²) >= 11 is 6.02. The SMILES string of the molecule is O=S1(=O)CCCN1c1oc(-c2ccccc2Cl)c(O)c1O. The summed E-state index contributed by atoms with van der Waals surface area (Å²) in [7, 11) is -3.52. The summed E-state index contributed by atoms with van der Waals surface area (Å²) in [5.41, 5.74) is 0.370. The van der Waals surface area contributed by atoms with Gasteiger partial charge in [-0.15, -0.1) is 0 Å². The molecule has 0 unspecified atom stereocenters. The zero-order valence-corrected chi connectivity index (χ0v) is 12.4. The van der Waals surface area contributed by atoms with Crippen molar-refractivity contribution in [3.63, 3.8) is 0 Å². The second kappa shape index (κ2) is 4.85. The van der Waals surface area contributed by atoms with E-state index < -0.39 is 21.5 Å². The van der Waals surface area contributed by atoms with E-state index in [0.717, 1.165) is 4.31 Å². The molecule has 2 heterocycles. The number of sulfonamides is 1. The van der Waals surface area contributed by atoms with Gasteiger partial charge in [0.15, 0.2) is 5.76 Å². The molecule has 2 N–H and O–H groups in total. The largest absolute Gasteiger partial charge is 0.502 e. The molecular formula is C13H12ClNO5S. The first-order chi connectivity index (χ1) is 9.92. The van der Waals surface area contributed by atoms with E-state index in [2.05, 4.69) is 0 Å². The van der Waals surface area contributed by atoms with Gasteiger partial charge in [-0.2, -0.15) is 0 Å². The summed E-state index contributed by atoms with van der Waals surface area (Å²) in [6.07, 6.45) is 0.435. The molecule has 0 amide bonds. The smallest absolute Gasteiger partial charge is 0.256 e. The van der Waals surface area contributed by atoms with Crippen LogP contribution in [0.25, 0.3) is 11.3 Å². The molecule has 6 nitrogen and oxygen atoms in total. The second-order valence-electron chi connectivity index (χ2n) is 4.66. The van der Waals surface area contributed by atoms with E-state index in [4.69, 9.17) is 16.0 Å². The Labute approximate surface area is 126 Å². The van der Waals surface area contributed by atoms with Crippen LogP contribution in [0, 0.1) is 0 Å². The molecule has 1 aliphatic rings. The molecule has 112 valence electrons. The summed E-state index contributed by atoms with van der Waals surface area (Å²) in [5.74, 6) is -1.49. The second-order valence-corrected chi connectivity index (χ2v) is 7.08. The van der Waals surface area contributed by atoms with Gasteiger partial charge in [0.2, 0.25) is 21.5 Å². The van der Waals surface area contributed by atoms with Gasteiger partial charge in [-0.05, 0) is 18.6 Å². The van der Waals surface area contributed by atoms with Crippen molar-refractivity contribution in [2.24, 2.45) is 0 Å². The molecule has 2 aromatic rings. The van der Waals surface area contributed by atoms with Crippen molar-refractivity contribution in [2.45, 2.75) is 6.42 Å². The zero-order chi connectivity index (χ0) is 15.2. The Morgan fingerprint density at radius 3 is 2.52 bits per heavy atom. The van der Waals surface area contributed by atoms with Crippen LogP contribution in [0.15, 0.2) is 28.7 Å². The number of hydrogen-bond donors (Lipinski definition) is 2. The predicted molar refractivity (Wildman–Crippen MR) is 78.2 cm³/mol. The molecule has 0 saturated carbocycles. The van der Waals surface area contributed by atoms with Crippen LogP contribution < -0.4 is 4.31 Å². The van der Waals surface area contributed by atoms with Crippen molar-refractivity contribution in [1.82, 2.24) is 0 Å². The third-order valence-corrected chi connectivity index (χ3v) is 5.44. The van der Waals surface area contributed by atoms with Crippen molar-refractivity contribution in [2.75, 3.05) is 16.6 Å². The first kappa shape index (κ1) is 14.1. The molecule has 0 aliphatic carbocycles. The van der Waals surface area contributed by atoms with Gasteiger partial charge in [-0.25, -0.2) is 12.7 Å². The van der Waals surface area contributed by atoms with Gasteiger partial charge in [0.25, 0.3) is 5.88 Å². The fraction of sp³-hybridized carbons (Fsp3) is 0.231. The lowest BCUT2D eigenvalue weighted by Crippen LogP contribution is -2.24. The van der Waals surface area contributed by atoms with Crippen molar-refractivity contribution in [3.8, 4) is 22.8 Å². The minimum atomic E-state index is -3.52. The van der Waals surface area contributed by atoms with Gasteiger partial charge in [0.1, 0.15) is 0 Å². The lowest BCUT2D eigenvalue weighted by Gasteiger charge is -2.12. The van der Waals surface area contributed by atoms with Crippen LogP contribution in [0.5, 0.6) is 11.5 Å². The third-order valence-electron chi connectivity index (χ3n) is 3.28. The van der Waals surface area contributed by atoms with Crippen LogP contribution in [0.1, 0.15) is 6.42 Å². The van der Waals surface area contributed by atoms with E-state index in [1.54, 1.807) is 24.3 Å². The number of rotatable bonds is 2. The van der Waals surface area contributed by atoms with Gasteiger partial charge >= 0.3 is 0 Å². The number of furan rings is 1. The van der Waals surface area contributed by atoms with Crippen LogP contribution in [0.4, 0.5) is 5.88 Å². The molecule has 1 fully saturated rings. The number of hydrogen-bond acceptors (Lipinski definition) is 5. The minimum Gasteiger partial charge on any atom is -0.502 e. The topological polar surface area (TPSA) is 91.0 Å². The standard InChI is InChI=1S/C13H12ClNO5S/c14-9-5-2-1-4-8(9)12-10(16)11(17)13(20-12)15-6-3-7-21(15,18)19/h1-2,4-5,16-17H,3,6-7H2. The molecule has 0 bridgehead atoms. The molecule has 1 aromatic carbocycles. The van der Waals surface area contributed by atoms with E-state index in [1.807, 2.05) is 0 Å². The highest BCUT2D eigenvalue weighted by atomic mass is 35.5. The quantitative estimate of drug-likeness (QED) is 0.883. The number of aromatic hydroxyl groups is 2. The lowest BCUT2D eigenvalue weighted by molar-refractivity contribution is 0.409. The normalized spacial score (nSPS) is 17.3. The van der Waals surface area contributed by atoms with Crippen molar-refractivity contribution >= 4 is 27.5 Å². The Bertz CT molecular complexity index is 799. The van der Waals surface area contributed by atoms with Gasteiger partial charge < -0.3 is 14.6 Å². The van der Waals surface area contributed by atoms with Crippen molar-refractivity contribution in [1.29, 1.82) is 0 Å². The van der Waals surface area contributed by atoms with E-state index >= 15 is 0 Å². The highest BCUT2D eigenvalue weighted by Crippen LogP contribution is 2.49. The Hall–Kier alpha value is -1.86. The average Bonchev–Trinajstić information content (AvgIpc) is 2.92. The van der Waals surface area contributed by atoms with Crippen LogP contribution in [-0.4, -0.2) is 30.9 Å². The van der Waals surface area contributed by atoms with Crippen molar-refractivity contribution in [3.05, 3.63) is 29.3 Å². The van der Waals surface area contributed by atoms with Crippen LogP contribution in [0.2, 0.25) is 5.02 Å². The molecule has 0 spiro atoms. The molecule has 0 atom stereocenters. The highest BCUT2D eigenvalue weighted by Gasteiger charge is 2.35. The van der Waals surface area contributed by atoms with Gasteiger partial charge in [-0.3, -0.25) is 0 Å². The molecule has 3 rings (SSSR count). The molecule has 21 heavy (non-hydrogen) atoms. The Morgan fingerprint density at radius 1 is 1.19 bits per heavy atom. The lowest BCUT2D eigenvalue weighted by atomic mass is 10.1. The molecule has 8 heteroatoms. The maximum Gasteiger partial charge on any atom is 0.256 e. The third kappa shape index (κ3) is 2.22. The van der Waals surface area contributed by atoms with E-state index in [-0.39, 0.29) is 23.9 Å². The highest BCUT2D eigenvalue weighted by molar-refractivity contribution is 7.93. The maximum absolute atomic E-state index is 11.9. The first-order valence-electron chi connectivity index (χ1n) is 6.22. The summed E-state index contributed by atoms with van der Waals surface area (Å²) in [5, 5.41) is 20.3. The van der Waals surface area contributed by atoms with E-state index in [9.17, 15) is 18.6 Å². The summed E-state index contributed by atoms with van der Waals surface area (Å²) in [4.78, 5) is 0. The molecule has 1 aromatic heterocycles. The number of halogens is 1.